The van der Waals surface area contributed by atoms with E-state index in [9.17, 15) is 4.39 Å². The van der Waals surface area contributed by atoms with E-state index in [1.807, 2.05) is 13.0 Å². The van der Waals surface area contributed by atoms with Crippen molar-refractivity contribution in [1.29, 1.82) is 5.26 Å². The highest BCUT2D eigenvalue weighted by atomic mass is 19.1. The summed E-state index contributed by atoms with van der Waals surface area (Å²) in [6.45, 7) is 1.82. The van der Waals surface area contributed by atoms with Crippen LogP contribution in [0.4, 0.5) is 4.39 Å². The standard InChI is InChI=1S/C10H8FN5/c1-2-10-9(11)6-16(15-10)8-3-7(4-12)14-13-5-8/h3,5-6H,2H2,1H3. The van der Waals surface area contributed by atoms with E-state index in [0.29, 0.717) is 17.8 Å². The highest BCUT2D eigenvalue weighted by Crippen LogP contribution is 2.11. The lowest BCUT2D eigenvalue weighted by atomic mass is 10.3. The quantitative estimate of drug-likeness (QED) is 0.758. The molecule has 0 unspecified atom stereocenters. The third kappa shape index (κ3) is 1.75. The molecule has 0 spiro atoms. The lowest BCUT2D eigenvalue weighted by Crippen LogP contribution is -1.99. The van der Waals surface area contributed by atoms with Gasteiger partial charge in [0, 0.05) is 6.07 Å². The summed E-state index contributed by atoms with van der Waals surface area (Å²) in [4.78, 5) is 0. The number of nitriles is 1. The number of aromatic nitrogens is 4. The maximum atomic E-state index is 13.3. The normalized spacial score (nSPS) is 10.1. The lowest BCUT2D eigenvalue weighted by Gasteiger charge is -1.98. The van der Waals surface area contributed by atoms with Gasteiger partial charge in [-0.1, -0.05) is 6.92 Å². The first kappa shape index (κ1) is 10.2. The Kier molecular flexibility index (Phi) is 2.60. The number of nitrogens with zero attached hydrogens (tertiary/aromatic N) is 5. The Bertz CT molecular complexity index is 555. The van der Waals surface area contributed by atoms with Gasteiger partial charge in [0.05, 0.1) is 23.8 Å². The lowest BCUT2D eigenvalue weighted by molar-refractivity contribution is 0.612. The van der Waals surface area contributed by atoms with Gasteiger partial charge in [-0.05, 0) is 6.42 Å². The number of hydrogen-bond acceptors (Lipinski definition) is 4. The van der Waals surface area contributed by atoms with Gasteiger partial charge in [0.25, 0.3) is 0 Å². The van der Waals surface area contributed by atoms with Crippen molar-refractivity contribution in [2.45, 2.75) is 13.3 Å². The summed E-state index contributed by atoms with van der Waals surface area (Å²) in [5, 5.41) is 19.9. The van der Waals surface area contributed by atoms with Gasteiger partial charge in [-0.3, -0.25) is 0 Å². The molecule has 0 aromatic carbocycles. The van der Waals surface area contributed by atoms with Crippen LogP contribution in [0.25, 0.3) is 5.69 Å². The predicted molar refractivity (Wildman–Crippen MR) is 53.2 cm³/mol. The summed E-state index contributed by atoms with van der Waals surface area (Å²) in [6.07, 6.45) is 3.20. The van der Waals surface area contributed by atoms with E-state index in [2.05, 4.69) is 15.3 Å². The van der Waals surface area contributed by atoms with E-state index in [1.54, 1.807) is 0 Å². The molecule has 0 amide bonds. The van der Waals surface area contributed by atoms with Gasteiger partial charge in [0.2, 0.25) is 0 Å². The van der Waals surface area contributed by atoms with Crippen LogP contribution < -0.4 is 0 Å². The van der Waals surface area contributed by atoms with Gasteiger partial charge < -0.3 is 0 Å². The Morgan fingerprint density at radius 2 is 2.38 bits per heavy atom. The first-order valence-corrected chi connectivity index (χ1v) is 4.72. The molecule has 0 N–H and O–H groups in total. The first-order valence-electron chi connectivity index (χ1n) is 4.72. The van der Waals surface area contributed by atoms with Crippen molar-refractivity contribution in [2.75, 3.05) is 0 Å². The summed E-state index contributed by atoms with van der Waals surface area (Å²) < 4.78 is 14.6. The predicted octanol–water partition coefficient (Wildman–Crippen LogP) is 1.24. The number of rotatable bonds is 2. The highest BCUT2D eigenvalue weighted by molar-refractivity contribution is 5.33. The molecule has 16 heavy (non-hydrogen) atoms. The molecule has 6 heteroatoms. The molecular weight excluding hydrogens is 209 g/mol. The van der Waals surface area contributed by atoms with Crippen molar-refractivity contribution in [3.8, 4) is 11.8 Å². The molecule has 2 rings (SSSR count). The minimum absolute atomic E-state index is 0.173. The second-order valence-corrected chi connectivity index (χ2v) is 3.13. The van der Waals surface area contributed by atoms with Gasteiger partial charge in [-0.15, -0.1) is 5.10 Å². The van der Waals surface area contributed by atoms with Crippen LogP contribution in [-0.2, 0) is 6.42 Å². The summed E-state index contributed by atoms with van der Waals surface area (Å²) in [5.74, 6) is -0.363. The van der Waals surface area contributed by atoms with E-state index in [1.165, 1.54) is 23.1 Å². The van der Waals surface area contributed by atoms with Crippen molar-refractivity contribution >= 4 is 0 Å². The fourth-order valence-electron chi connectivity index (χ4n) is 1.30. The molecule has 0 radical (unpaired) electrons. The fraction of sp³-hybridized carbons (Fsp3) is 0.200. The molecule has 2 heterocycles. The van der Waals surface area contributed by atoms with E-state index in [4.69, 9.17) is 5.26 Å². The molecule has 2 aromatic rings. The van der Waals surface area contributed by atoms with Crippen molar-refractivity contribution in [2.24, 2.45) is 0 Å². The molecule has 0 aliphatic heterocycles. The minimum atomic E-state index is -0.363. The minimum Gasteiger partial charge on any atom is -0.236 e. The summed E-state index contributed by atoms with van der Waals surface area (Å²) >= 11 is 0. The van der Waals surface area contributed by atoms with Gasteiger partial charge in [0.15, 0.2) is 11.5 Å². The third-order valence-corrected chi connectivity index (χ3v) is 2.09. The average molecular weight is 217 g/mol. The fourth-order valence-corrected chi connectivity index (χ4v) is 1.30. The van der Waals surface area contributed by atoms with Crippen LogP contribution in [0.1, 0.15) is 18.3 Å². The molecule has 80 valence electrons. The van der Waals surface area contributed by atoms with E-state index >= 15 is 0 Å². The smallest absolute Gasteiger partial charge is 0.165 e. The monoisotopic (exact) mass is 217 g/mol. The first-order chi connectivity index (χ1) is 7.74. The van der Waals surface area contributed by atoms with Gasteiger partial charge in [0.1, 0.15) is 6.07 Å². The van der Waals surface area contributed by atoms with E-state index in [0.717, 1.165) is 0 Å². The van der Waals surface area contributed by atoms with Crippen molar-refractivity contribution in [1.82, 2.24) is 20.0 Å². The number of aryl methyl sites for hydroxylation is 1. The van der Waals surface area contributed by atoms with Crippen LogP contribution >= 0.6 is 0 Å². The molecule has 0 saturated heterocycles. The van der Waals surface area contributed by atoms with Crippen LogP contribution in [0.15, 0.2) is 18.5 Å². The molecular formula is C10H8FN5. The largest absolute Gasteiger partial charge is 0.236 e. The zero-order valence-electron chi connectivity index (χ0n) is 8.55. The molecule has 0 saturated carbocycles. The van der Waals surface area contributed by atoms with E-state index in [-0.39, 0.29) is 11.5 Å². The molecule has 2 aromatic heterocycles. The van der Waals surface area contributed by atoms with Crippen molar-refractivity contribution in [3.63, 3.8) is 0 Å². The molecule has 0 aliphatic carbocycles. The van der Waals surface area contributed by atoms with Crippen molar-refractivity contribution in [3.05, 3.63) is 35.7 Å². The Hall–Kier alpha value is -2.29. The summed E-state index contributed by atoms with van der Waals surface area (Å²) in [6, 6.07) is 3.36. The average Bonchev–Trinajstić information content (AvgIpc) is 2.71. The Labute approximate surface area is 91.2 Å². The second kappa shape index (κ2) is 4.06. The van der Waals surface area contributed by atoms with Gasteiger partial charge in [-0.2, -0.15) is 15.5 Å². The molecule has 0 aliphatic rings. The Morgan fingerprint density at radius 3 is 3.00 bits per heavy atom. The SMILES string of the molecule is CCc1nn(-c2cnnc(C#N)c2)cc1F. The Morgan fingerprint density at radius 1 is 1.56 bits per heavy atom. The second-order valence-electron chi connectivity index (χ2n) is 3.13. The molecule has 0 atom stereocenters. The Balaban J connectivity index is 2.46. The van der Waals surface area contributed by atoms with Crippen LogP contribution in [0.5, 0.6) is 0 Å². The zero-order chi connectivity index (χ0) is 11.5. The number of halogens is 1. The summed E-state index contributed by atoms with van der Waals surface area (Å²) in [5.41, 5.74) is 1.08. The van der Waals surface area contributed by atoms with E-state index < -0.39 is 0 Å². The van der Waals surface area contributed by atoms with Gasteiger partial charge in [-0.25, -0.2) is 9.07 Å². The molecule has 0 bridgehead atoms. The zero-order valence-corrected chi connectivity index (χ0v) is 8.55. The van der Waals surface area contributed by atoms with Crippen LogP contribution in [0.2, 0.25) is 0 Å². The van der Waals surface area contributed by atoms with Crippen LogP contribution in [0.3, 0.4) is 0 Å². The molecule has 5 nitrogen and oxygen atoms in total. The van der Waals surface area contributed by atoms with Gasteiger partial charge >= 0.3 is 0 Å². The van der Waals surface area contributed by atoms with Crippen molar-refractivity contribution < 1.29 is 4.39 Å². The van der Waals surface area contributed by atoms with Crippen LogP contribution in [0, 0.1) is 17.1 Å². The maximum absolute atomic E-state index is 13.3. The summed E-state index contributed by atoms with van der Waals surface area (Å²) in [7, 11) is 0. The maximum Gasteiger partial charge on any atom is 0.165 e. The topological polar surface area (TPSA) is 67.4 Å². The van der Waals surface area contributed by atoms with Crippen LogP contribution in [-0.4, -0.2) is 20.0 Å². The third-order valence-electron chi connectivity index (χ3n) is 2.09. The number of hydrogen-bond donors (Lipinski definition) is 0. The highest BCUT2D eigenvalue weighted by Gasteiger charge is 2.08. The molecule has 0 fully saturated rings.